The standard InChI is InChI=1S/C10H8IN5/c1-7-13-6-14-16(7)8-2-3-15-9(11)5-12-10(15)4-8/h2-6H,1H3. The van der Waals surface area contributed by atoms with E-state index in [4.69, 9.17) is 0 Å². The molecule has 0 aliphatic rings. The molecule has 16 heavy (non-hydrogen) atoms. The van der Waals surface area contributed by atoms with Gasteiger partial charge in [0, 0.05) is 12.3 Å². The third-order valence-corrected chi connectivity index (χ3v) is 3.21. The van der Waals surface area contributed by atoms with Crippen LogP contribution in [-0.4, -0.2) is 24.1 Å². The average Bonchev–Trinajstić information content (AvgIpc) is 2.86. The maximum Gasteiger partial charge on any atom is 0.139 e. The van der Waals surface area contributed by atoms with Crippen molar-refractivity contribution in [1.29, 1.82) is 0 Å². The van der Waals surface area contributed by atoms with E-state index in [0.29, 0.717) is 0 Å². The van der Waals surface area contributed by atoms with Gasteiger partial charge >= 0.3 is 0 Å². The van der Waals surface area contributed by atoms with Gasteiger partial charge in [-0.25, -0.2) is 14.6 Å². The molecule has 0 saturated heterocycles. The predicted molar refractivity (Wildman–Crippen MR) is 67.6 cm³/mol. The van der Waals surface area contributed by atoms with Crippen molar-refractivity contribution in [2.75, 3.05) is 0 Å². The third kappa shape index (κ3) is 1.41. The number of nitrogens with zero attached hydrogens (tertiary/aromatic N) is 5. The molecule has 80 valence electrons. The number of rotatable bonds is 1. The molecule has 5 nitrogen and oxygen atoms in total. The van der Waals surface area contributed by atoms with E-state index in [1.54, 1.807) is 11.0 Å². The number of aromatic nitrogens is 5. The van der Waals surface area contributed by atoms with Crippen molar-refractivity contribution in [2.24, 2.45) is 0 Å². The Bertz CT molecular complexity index is 654. The zero-order valence-electron chi connectivity index (χ0n) is 8.50. The third-order valence-electron chi connectivity index (χ3n) is 2.41. The van der Waals surface area contributed by atoms with Crippen LogP contribution in [0, 0.1) is 10.6 Å². The van der Waals surface area contributed by atoms with Gasteiger partial charge in [-0.15, -0.1) is 0 Å². The first-order valence-electron chi connectivity index (χ1n) is 4.75. The highest BCUT2D eigenvalue weighted by atomic mass is 127. The first-order valence-corrected chi connectivity index (χ1v) is 5.83. The minimum Gasteiger partial charge on any atom is -0.295 e. The van der Waals surface area contributed by atoms with Crippen molar-refractivity contribution in [3.63, 3.8) is 0 Å². The summed E-state index contributed by atoms with van der Waals surface area (Å²) >= 11 is 2.25. The van der Waals surface area contributed by atoms with Crippen LogP contribution in [0.2, 0.25) is 0 Å². The molecule has 0 aromatic carbocycles. The van der Waals surface area contributed by atoms with E-state index in [-0.39, 0.29) is 0 Å². The first-order chi connectivity index (χ1) is 7.75. The molecule has 0 saturated carbocycles. The Morgan fingerprint density at radius 1 is 1.31 bits per heavy atom. The lowest BCUT2D eigenvalue weighted by molar-refractivity contribution is 0.838. The molecule has 3 rings (SSSR count). The van der Waals surface area contributed by atoms with Crippen LogP contribution < -0.4 is 0 Å². The number of hydrogen-bond acceptors (Lipinski definition) is 3. The molecular formula is C10H8IN5. The van der Waals surface area contributed by atoms with Crippen LogP contribution >= 0.6 is 22.6 Å². The molecule has 6 heteroatoms. The van der Waals surface area contributed by atoms with E-state index in [1.807, 2.05) is 35.9 Å². The maximum absolute atomic E-state index is 4.31. The topological polar surface area (TPSA) is 48.0 Å². The van der Waals surface area contributed by atoms with Gasteiger partial charge in [0.2, 0.25) is 0 Å². The molecule has 3 heterocycles. The second kappa shape index (κ2) is 3.55. The summed E-state index contributed by atoms with van der Waals surface area (Å²) in [6, 6.07) is 3.99. The molecule has 0 spiro atoms. The smallest absolute Gasteiger partial charge is 0.139 e. The molecule has 0 unspecified atom stereocenters. The summed E-state index contributed by atoms with van der Waals surface area (Å²) in [5.41, 5.74) is 1.89. The normalized spacial score (nSPS) is 11.1. The van der Waals surface area contributed by atoms with Gasteiger partial charge in [-0.2, -0.15) is 5.10 Å². The van der Waals surface area contributed by atoms with E-state index in [1.165, 1.54) is 0 Å². The second-order valence-corrected chi connectivity index (χ2v) is 4.52. The Labute approximate surface area is 105 Å². The fraction of sp³-hybridized carbons (Fsp3) is 0.100. The van der Waals surface area contributed by atoms with Crippen molar-refractivity contribution >= 4 is 28.2 Å². The number of fused-ring (bicyclic) bond motifs is 1. The number of imidazole rings is 1. The summed E-state index contributed by atoms with van der Waals surface area (Å²) in [7, 11) is 0. The molecule has 3 aromatic heterocycles. The van der Waals surface area contributed by atoms with E-state index >= 15 is 0 Å². The molecule has 0 atom stereocenters. The van der Waals surface area contributed by atoms with Gasteiger partial charge in [0.05, 0.1) is 11.9 Å². The van der Waals surface area contributed by atoms with Crippen LogP contribution in [0.25, 0.3) is 11.3 Å². The lowest BCUT2D eigenvalue weighted by Gasteiger charge is -2.03. The summed E-state index contributed by atoms with van der Waals surface area (Å²) in [5.74, 6) is 0.866. The zero-order valence-corrected chi connectivity index (χ0v) is 10.7. The molecule has 3 aromatic rings. The molecule has 0 aliphatic heterocycles. The molecule has 0 N–H and O–H groups in total. The van der Waals surface area contributed by atoms with Crippen LogP contribution in [0.1, 0.15) is 5.82 Å². The summed E-state index contributed by atoms with van der Waals surface area (Å²) < 4.78 is 4.91. The van der Waals surface area contributed by atoms with Gasteiger partial charge in [-0.1, -0.05) is 0 Å². The molecular weight excluding hydrogens is 317 g/mol. The Balaban J connectivity index is 2.23. The Kier molecular flexibility index (Phi) is 2.16. The zero-order chi connectivity index (χ0) is 11.1. The summed E-state index contributed by atoms with van der Waals surface area (Å²) in [6.07, 6.45) is 5.38. The molecule has 0 radical (unpaired) electrons. The van der Waals surface area contributed by atoms with Crippen molar-refractivity contribution < 1.29 is 0 Å². The Morgan fingerprint density at radius 3 is 2.94 bits per heavy atom. The molecule has 0 amide bonds. The number of pyridine rings is 1. The first kappa shape index (κ1) is 9.76. The monoisotopic (exact) mass is 325 g/mol. The lowest BCUT2D eigenvalue weighted by Crippen LogP contribution is -2.00. The molecule has 0 fully saturated rings. The highest BCUT2D eigenvalue weighted by molar-refractivity contribution is 14.1. The Hall–Kier alpha value is -1.44. The van der Waals surface area contributed by atoms with Crippen LogP contribution in [0.5, 0.6) is 0 Å². The fourth-order valence-corrected chi connectivity index (χ4v) is 2.17. The SMILES string of the molecule is Cc1ncnn1-c1ccn2c(I)cnc2c1. The Morgan fingerprint density at radius 2 is 2.19 bits per heavy atom. The van der Waals surface area contributed by atoms with Gasteiger partial charge in [0.1, 0.15) is 21.5 Å². The predicted octanol–water partition coefficient (Wildman–Crippen LogP) is 1.83. The maximum atomic E-state index is 4.31. The van der Waals surface area contributed by atoms with Crippen molar-refractivity contribution in [3.05, 3.63) is 40.4 Å². The highest BCUT2D eigenvalue weighted by Gasteiger charge is 2.05. The van der Waals surface area contributed by atoms with Crippen molar-refractivity contribution in [1.82, 2.24) is 24.1 Å². The number of aryl methyl sites for hydroxylation is 1. The minimum atomic E-state index is 0.866. The summed E-state index contributed by atoms with van der Waals surface area (Å²) in [5, 5.41) is 4.17. The summed E-state index contributed by atoms with van der Waals surface area (Å²) in [6.45, 7) is 1.92. The minimum absolute atomic E-state index is 0.866. The van der Waals surface area contributed by atoms with Gasteiger partial charge in [-0.3, -0.25) is 4.40 Å². The van der Waals surface area contributed by atoms with Gasteiger partial charge in [-0.05, 0) is 35.6 Å². The van der Waals surface area contributed by atoms with Crippen LogP contribution in [-0.2, 0) is 0 Å². The summed E-state index contributed by atoms with van der Waals surface area (Å²) in [4.78, 5) is 8.41. The van der Waals surface area contributed by atoms with Crippen molar-refractivity contribution in [3.8, 4) is 5.69 Å². The second-order valence-electron chi connectivity index (χ2n) is 3.41. The van der Waals surface area contributed by atoms with E-state index in [2.05, 4.69) is 37.7 Å². The van der Waals surface area contributed by atoms with E-state index in [0.717, 1.165) is 20.9 Å². The van der Waals surface area contributed by atoms with Crippen molar-refractivity contribution in [2.45, 2.75) is 6.92 Å². The van der Waals surface area contributed by atoms with Gasteiger partial charge in [0.25, 0.3) is 0 Å². The number of halogens is 1. The largest absolute Gasteiger partial charge is 0.295 e. The average molecular weight is 325 g/mol. The van der Waals surface area contributed by atoms with E-state index < -0.39 is 0 Å². The van der Waals surface area contributed by atoms with Crippen LogP contribution in [0.3, 0.4) is 0 Å². The highest BCUT2D eigenvalue weighted by Crippen LogP contribution is 2.14. The van der Waals surface area contributed by atoms with Gasteiger partial charge < -0.3 is 0 Å². The fourth-order valence-electron chi connectivity index (χ4n) is 1.62. The lowest BCUT2D eigenvalue weighted by atomic mass is 10.4. The quantitative estimate of drug-likeness (QED) is 0.642. The van der Waals surface area contributed by atoms with E-state index in [9.17, 15) is 0 Å². The molecule has 0 bridgehead atoms. The van der Waals surface area contributed by atoms with Gasteiger partial charge in [0.15, 0.2) is 0 Å². The van der Waals surface area contributed by atoms with Crippen LogP contribution in [0.15, 0.2) is 30.9 Å². The number of hydrogen-bond donors (Lipinski definition) is 0. The molecule has 0 aliphatic carbocycles. The van der Waals surface area contributed by atoms with Crippen LogP contribution in [0.4, 0.5) is 0 Å².